The highest BCUT2D eigenvalue weighted by Gasteiger charge is 2.15. The maximum Gasteiger partial charge on any atom is 0.140 e. The molecule has 1 aromatic carbocycles. The maximum absolute atomic E-state index is 12.9. The van der Waals surface area contributed by atoms with Gasteiger partial charge in [-0.15, -0.1) is 0 Å². The Morgan fingerprint density at radius 1 is 1.12 bits per heavy atom. The Balaban J connectivity index is 2.76. The van der Waals surface area contributed by atoms with Gasteiger partial charge in [0.05, 0.1) is 0 Å². The van der Waals surface area contributed by atoms with E-state index in [1.807, 2.05) is 13.8 Å². The fraction of sp³-hybridized carbons (Fsp3) is 0.462. The Kier molecular flexibility index (Phi) is 4.59. The number of carbonyl (C=O) groups excluding carboxylic acids is 1. The highest BCUT2D eigenvalue weighted by Crippen LogP contribution is 2.15. The van der Waals surface area contributed by atoms with Gasteiger partial charge in [-0.2, -0.15) is 0 Å². The molecule has 0 bridgehead atoms. The van der Waals surface area contributed by atoms with E-state index in [0.717, 1.165) is 18.9 Å². The lowest BCUT2D eigenvalue weighted by molar-refractivity contribution is -0.122. The van der Waals surface area contributed by atoms with Gasteiger partial charge in [-0.3, -0.25) is 4.79 Å². The van der Waals surface area contributed by atoms with E-state index in [1.54, 1.807) is 0 Å². The lowest BCUT2D eigenvalue weighted by Crippen LogP contribution is -2.15. The van der Waals surface area contributed by atoms with Crippen LogP contribution in [-0.2, 0) is 11.2 Å². The molecule has 0 aromatic heterocycles. The number of benzene rings is 1. The highest BCUT2D eigenvalue weighted by atomic mass is 19.1. The first-order valence-electron chi connectivity index (χ1n) is 5.54. The van der Waals surface area contributed by atoms with Crippen molar-refractivity contribution in [3.05, 3.63) is 35.4 Å². The van der Waals surface area contributed by atoms with Crippen molar-refractivity contribution in [2.24, 2.45) is 5.92 Å². The van der Waals surface area contributed by atoms with Crippen LogP contribution in [0.15, 0.2) is 18.2 Å². The molecule has 0 radical (unpaired) electrons. The average molecular weight is 226 g/mol. The van der Waals surface area contributed by atoms with Gasteiger partial charge in [0, 0.05) is 18.4 Å². The van der Waals surface area contributed by atoms with E-state index in [1.165, 1.54) is 12.1 Å². The highest BCUT2D eigenvalue weighted by molar-refractivity contribution is 5.83. The summed E-state index contributed by atoms with van der Waals surface area (Å²) < 4.78 is 25.8. The average Bonchev–Trinajstić information content (AvgIpc) is 2.17. The molecule has 3 heteroatoms. The van der Waals surface area contributed by atoms with Gasteiger partial charge in [-0.05, 0) is 30.5 Å². The van der Waals surface area contributed by atoms with Crippen LogP contribution in [0.5, 0.6) is 0 Å². The summed E-state index contributed by atoms with van der Waals surface area (Å²) in [6.45, 7) is 3.89. The largest absolute Gasteiger partial charge is 0.299 e. The molecule has 1 nitrogen and oxygen atoms in total. The van der Waals surface area contributed by atoms with Crippen molar-refractivity contribution in [3.63, 3.8) is 0 Å². The van der Waals surface area contributed by atoms with Crippen LogP contribution in [0.2, 0.25) is 0 Å². The molecule has 16 heavy (non-hydrogen) atoms. The van der Waals surface area contributed by atoms with Crippen LogP contribution >= 0.6 is 0 Å². The smallest absolute Gasteiger partial charge is 0.140 e. The first-order valence-corrected chi connectivity index (χ1v) is 5.54. The SMILES string of the molecule is CCC(CC)C(=O)Cc1cc(F)cc(F)c1. The molecule has 0 N–H and O–H groups in total. The lowest BCUT2D eigenvalue weighted by Gasteiger charge is -2.10. The third-order valence-electron chi connectivity index (χ3n) is 2.74. The van der Waals surface area contributed by atoms with Crippen molar-refractivity contribution in [1.29, 1.82) is 0 Å². The Hall–Kier alpha value is -1.25. The van der Waals surface area contributed by atoms with Crippen LogP contribution in [0.1, 0.15) is 32.3 Å². The third kappa shape index (κ3) is 3.40. The predicted molar refractivity (Wildman–Crippen MR) is 59.1 cm³/mol. The van der Waals surface area contributed by atoms with E-state index in [2.05, 4.69) is 0 Å². The molecule has 0 spiro atoms. The quantitative estimate of drug-likeness (QED) is 0.750. The summed E-state index contributed by atoms with van der Waals surface area (Å²) in [5.41, 5.74) is 0.411. The summed E-state index contributed by atoms with van der Waals surface area (Å²) in [5.74, 6) is -1.22. The first-order chi connectivity index (χ1) is 7.56. The van der Waals surface area contributed by atoms with Gasteiger partial charge in [0.25, 0.3) is 0 Å². The second-order valence-corrected chi connectivity index (χ2v) is 3.93. The molecule has 1 rings (SSSR count). The minimum atomic E-state index is -0.632. The monoisotopic (exact) mass is 226 g/mol. The molecule has 1 aromatic rings. The van der Waals surface area contributed by atoms with Gasteiger partial charge in [0.2, 0.25) is 0 Å². The normalized spacial score (nSPS) is 10.8. The topological polar surface area (TPSA) is 17.1 Å². The minimum absolute atomic E-state index is 0.00803. The van der Waals surface area contributed by atoms with Crippen molar-refractivity contribution >= 4 is 5.78 Å². The second kappa shape index (κ2) is 5.73. The Morgan fingerprint density at radius 2 is 1.62 bits per heavy atom. The van der Waals surface area contributed by atoms with Gasteiger partial charge >= 0.3 is 0 Å². The molecule has 0 aliphatic carbocycles. The molecule has 0 fully saturated rings. The zero-order valence-corrected chi connectivity index (χ0v) is 9.59. The third-order valence-corrected chi connectivity index (χ3v) is 2.74. The lowest BCUT2D eigenvalue weighted by atomic mass is 9.93. The first kappa shape index (κ1) is 12.8. The maximum atomic E-state index is 12.9. The van der Waals surface area contributed by atoms with Crippen LogP contribution in [0.4, 0.5) is 8.78 Å². The molecule has 0 unspecified atom stereocenters. The summed E-state index contributed by atoms with van der Waals surface area (Å²) in [5, 5.41) is 0. The number of Topliss-reactive ketones (excluding diaryl/α,β-unsaturated/α-hetero) is 1. The fourth-order valence-corrected chi connectivity index (χ4v) is 1.80. The van der Waals surface area contributed by atoms with E-state index < -0.39 is 11.6 Å². The number of halogens is 2. The Bertz CT molecular complexity index is 350. The van der Waals surface area contributed by atoms with Gasteiger partial charge in [0.1, 0.15) is 17.4 Å². The summed E-state index contributed by atoms with van der Waals surface area (Å²) in [6.07, 6.45) is 1.65. The summed E-state index contributed by atoms with van der Waals surface area (Å²) in [7, 11) is 0. The molecule has 0 saturated heterocycles. The van der Waals surface area contributed by atoms with Gasteiger partial charge in [-0.25, -0.2) is 8.78 Å². The van der Waals surface area contributed by atoms with Crippen LogP contribution in [0, 0.1) is 17.6 Å². The fourth-order valence-electron chi connectivity index (χ4n) is 1.80. The molecular weight excluding hydrogens is 210 g/mol. The van der Waals surface area contributed by atoms with Crippen molar-refractivity contribution in [2.45, 2.75) is 33.1 Å². The van der Waals surface area contributed by atoms with Crippen molar-refractivity contribution in [3.8, 4) is 0 Å². The molecular formula is C13H16F2O. The van der Waals surface area contributed by atoms with E-state index >= 15 is 0 Å². The number of carbonyl (C=O) groups is 1. The minimum Gasteiger partial charge on any atom is -0.299 e. The molecule has 0 amide bonds. The summed E-state index contributed by atoms with van der Waals surface area (Å²) >= 11 is 0. The Labute approximate surface area is 94.5 Å². The van der Waals surface area contributed by atoms with Crippen molar-refractivity contribution in [1.82, 2.24) is 0 Å². The number of ketones is 1. The number of rotatable bonds is 5. The zero-order valence-electron chi connectivity index (χ0n) is 9.59. The standard InChI is InChI=1S/C13H16F2O/c1-3-10(4-2)13(16)7-9-5-11(14)8-12(15)6-9/h5-6,8,10H,3-4,7H2,1-2H3. The van der Waals surface area contributed by atoms with Crippen LogP contribution < -0.4 is 0 Å². The van der Waals surface area contributed by atoms with E-state index in [-0.39, 0.29) is 18.1 Å². The van der Waals surface area contributed by atoms with Crippen molar-refractivity contribution < 1.29 is 13.6 Å². The van der Waals surface area contributed by atoms with Crippen LogP contribution in [0.3, 0.4) is 0 Å². The predicted octanol–water partition coefficient (Wildman–Crippen LogP) is 3.51. The molecule has 0 aliphatic heterocycles. The van der Waals surface area contributed by atoms with E-state index in [4.69, 9.17) is 0 Å². The van der Waals surface area contributed by atoms with Gasteiger partial charge in [0.15, 0.2) is 0 Å². The Morgan fingerprint density at radius 3 is 2.06 bits per heavy atom. The molecule has 0 heterocycles. The number of hydrogen-bond donors (Lipinski definition) is 0. The van der Waals surface area contributed by atoms with Crippen LogP contribution in [-0.4, -0.2) is 5.78 Å². The van der Waals surface area contributed by atoms with E-state index in [0.29, 0.717) is 5.56 Å². The summed E-state index contributed by atoms with van der Waals surface area (Å²) in [4.78, 5) is 11.8. The molecule has 0 saturated carbocycles. The van der Waals surface area contributed by atoms with Crippen molar-refractivity contribution in [2.75, 3.05) is 0 Å². The van der Waals surface area contributed by atoms with Crippen LogP contribution in [0.25, 0.3) is 0 Å². The zero-order chi connectivity index (χ0) is 12.1. The summed E-state index contributed by atoms with van der Waals surface area (Å²) in [6, 6.07) is 3.23. The number of hydrogen-bond acceptors (Lipinski definition) is 1. The molecule has 88 valence electrons. The van der Waals surface area contributed by atoms with Gasteiger partial charge < -0.3 is 0 Å². The van der Waals surface area contributed by atoms with E-state index in [9.17, 15) is 13.6 Å². The molecule has 0 atom stereocenters. The van der Waals surface area contributed by atoms with Gasteiger partial charge in [-0.1, -0.05) is 13.8 Å². The second-order valence-electron chi connectivity index (χ2n) is 3.93. The molecule has 0 aliphatic rings.